The number of piperazine rings is 1. The molecule has 0 spiro atoms. The maximum atomic E-state index is 13.3. The Kier molecular flexibility index (Phi) is 5.46. The maximum Gasteiger partial charge on any atom is 0.254 e. The van der Waals surface area contributed by atoms with Gasteiger partial charge in [-0.2, -0.15) is 0 Å². The van der Waals surface area contributed by atoms with Gasteiger partial charge in [-0.1, -0.05) is 6.42 Å². The number of piperidine rings is 1. The highest BCUT2D eigenvalue weighted by molar-refractivity contribution is 5.94. The summed E-state index contributed by atoms with van der Waals surface area (Å²) in [5, 5.41) is 0. The van der Waals surface area contributed by atoms with Crippen molar-refractivity contribution in [2.75, 3.05) is 46.3 Å². The van der Waals surface area contributed by atoms with Gasteiger partial charge >= 0.3 is 0 Å². The van der Waals surface area contributed by atoms with Crippen molar-refractivity contribution in [3.05, 3.63) is 35.4 Å². The summed E-state index contributed by atoms with van der Waals surface area (Å²) in [7, 11) is 2.18. The van der Waals surface area contributed by atoms with Crippen LogP contribution in [-0.2, 0) is 0 Å². The van der Waals surface area contributed by atoms with E-state index >= 15 is 0 Å². The zero-order valence-corrected chi connectivity index (χ0v) is 14.2. The van der Waals surface area contributed by atoms with Crippen molar-refractivity contribution in [3.8, 4) is 0 Å². The number of rotatable bonds is 3. The Morgan fingerprint density at radius 3 is 2.33 bits per heavy atom. The van der Waals surface area contributed by atoms with E-state index in [0.29, 0.717) is 19.1 Å². The Balaban J connectivity index is 1.53. The van der Waals surface area contributed by atoms with Crippen LogP contribution in [0.2, 0.25) is 0 Å². The summed E-state index contributed by atoms with van der Waals surface area (Å²) in [5.74, 6) is -1.71. The van der Waals surface area contributed by atoms with E-state index in [1.807, 2.05) is 0 Å². The average Bonchev–Trinajstić information content (AvgIpc) is 2.56. The molecule has 4 nitrogen and oxygen atoms in total. The summed E-state index contributed by atoms with van der Waals surface area (Å²) in [5.41, 5.74) is 0.0907. The molecule has 1 amide bonds. The SMILES string of the molecule is CN1CCCC[C@H]1CN1CCN(C(=O)c2cc(F)cc(F)c2)CC1. The first-order valence-electron chi connectivity index (χ1n) is 8.71. The molecule has 24 heavy (non-hydrogen) atoms. The van der Waals surface area contributed by atoms with Crippen LogP contribution in [0, 0.1) is 11.6 Å². The third-order valence-corrected chi connectivity index (χ3v) is 5.16. The average molecular weight is 337 g/mol. The van der Waals surface area contributed by atoms with Crippen molar-refractivity contribution >= 4 is 5.91 Å². The van der Waals surface area contributed by atoms with Gasteiger partial charge in [-0.3, -0.25) is 9.69 Å². The molecule has 6 heteroatoms. The van der Waals surface area contributed by atoms with Gasteiger partial charge in [-0.05, 0) is 38.6 Å². The lowest BCUT2D eigenvalue weighted by Gasteiger charge is -2.40. The Morgan fingerprint density at radius 1 is 1.04 bits per heavy atom. The van der Waals surface area contributed by atoms with E-state index in [1.165, 1.54) is 19.3 Å². The van der Waals surface area contributed by atoms with E-state index in [0.717, 1.165) is 44.4 Å². The molecule has 2 aliphatic heterocycles. The Hall–Kier alpha value is -1.53. The van der Waals surface area contributed by atoms with Crippen LogP contribution >= 0.6 is 0 Å². The largest absolute Gasteiger partial charge is 0.336 e. The highest BCUT2D eigenvalue weighted by Gasteiger charge is 2.26. The van der Waals surface area contributed by atoms with Crippen molar-refractivity contribution in [3.63, 3.8) is 0 Å². The monoisotopic (exact) mass is 337 g/mol. The fourth-order valence-electron chi connectivity index (χ4n) is 3.67. The van der Waals surface area contributed by atoms with Crippen LogP contribution in [0.4, 0.5) is 8.78 Å². The van der Waals surface area contributed by atoms with Crippen LogP contribution in [0.3, 0.4) is 0 Å². The zero-order valence-electron chi connectivity index (χ0n) is 14.2. The van der Waals surface area contributed by atoms with E-state index in [2.05, 4.69) is 16.8 Å². The summed E-state index contributed by atoms with van der Waals surface area (Å²) in [6, 6.07) is 3.59. The molecule has 2 saturated heterocycles. The minimum absolute atomic E-state index is 0.0907. The number of benzene rings is 1. The van der Waals surface area contributed by atoms with Crippen molar-refractivity contribution in [1.29, 1.82) is 0 Å². The van der Waals surface area contributed by atoms with Gasteiger partial charge in [-0.15, -0.1) is 0 Å². The van der Waals surface area contributed by atoms with Crippen molar-refractivity contribution in [1.82, 2.24) is 14.7 Å². The first-order valence-corrected chi connectivity index (χ1v) is 8.71. The molecule has 2 aliphatic rings. The molecule has 0 N–H and O–H groups in total. The third kappa shape index (κ3) is 4.11. The number of carbonyl (C=O) groups is 1. The van der Waals surface area contributed by atoms with Crippen LogP contribution in [0.5, 0.6) is 0 Å². The van der Waals surface area contributed by atoms with Gasteiger partial charge in [-0.25, -0.2) is 8.78 Å². The summed E-state index contributed by atoms with van der Waals surface area (Å²) < 4.78 is 26.6. The molecular weight excluding hydrogens is 312 g/mol. The number of likely N-dealkylation sites (N-methyl/N-ethyl adjacent to an activating group) is 1. The number of nitrogens with zero attached hydrogens (tertiary/aromatic N) is 3. The fourth-order valence-corrected chi connectivity index (χ4v) is 3.67. The van der Waals surface area contributed by atoms with E-state index in [9.17, 15) is 13.6 Å². The topological polar surface area (TPSA) is 26.8 Å². The van der Waals surface area contributed by atoms with E-state index in [4.69, 9.17) is 0 Å². The Bertz CT molecular complexity index is 567. The summed E-state index contributed by atoms with van der Waals surface area (Å²) >= 11 is 0. The maximum absolute atomic E-state index is 13.3. The summed E-state index contributed by atoms with van der Waals surface area (Å²) in [6.45, 7) is 5.03. The van der Waals surface area contributed by atoms with Crippen molar-refractivity contribution < 1.29 is 13.6 Å². The lowest BCUT2D eigenvalue weighted by molar-refractivity contribution is 0.0564. The van der Waals surface area contributed by atoms with Crippen molar-refractivity contribution in [2.24, 2.45) is 0 Å². The number of likely N-dealkylation sites (tertiary alicyclic amines) is 1. The fraction of sp³-hybridized carbons (Fsp3) is 0.611. The third-order valence-electron chi connectivity index (χ3n) is 5.16. The molecule has 1 aromatic rings. The molecular formula is C18H25F2N3O. The normalized spacial score (nSPS) is 23.5. The van der Waals surface area contributed by atoms with Gasteiger partial charge < -0.3 is 9.80 Å². The molecule has 0 bridgehead atoms. The van der Waals surface area contributed by atoms with Crippen LogP contribution in [-0.4, -0.2) is 73.0 Å². The second-order valence-electron chi connectivity index (χ2n) is 6.88. The van der Waals surface area contributed by atoms with E-state index < -0.39 is 11.6 Å². The molecule has 1 atom stereocenters. The van der Waals surface area contributed by atoms with Crippen molar-refractivity contribution in [2.45, 2.75) is 25.3 Å². The summed E-state index contributed by atoms with van der Waals surface area (Å²) in [6.07, 6.45) is 3.80. The number of hydrogen-bond donors (Lipinski definition) is 0. The quantitative estimate of drug-likeness (QED) is 0.846. The molecule has 0 aromatic heterocycles. The molecule has 2 fully saturated rings. The van der Waals surface area contributed by atoms with Crippen LogP contribution in [0.25, 0.3) is 0 Å². The first kappa shape index (κ1) is 17.3. The number of hydrogen-bond acceptors (Lipinski definition) is 3. The Morgan fingerprint density at radius 2 is 1.71 bits per heavy atom. The highest BCUT2D eigenvalue weighted by Crippen LogP contribution is 2.18. The second-order valence-corrected chi connectivity index (χ2v) is 6.88. The molecule has 1 aromatic carbocycles. The molecule has 132 valence electrons. The van der Waals surface area contributed by atoms with Crippen LogP contribution in [0.1, 0.15) is 29.6 Å². The van der Waals surface area contributed by atoms with Gasteiger partial charge in [0.15, 0.2) is 0 Å². The lowest BCUT2D eigenvalue weighted by Crippen LogP contribution is -2.53. The minimum Gasteiger partial charge on any atom is -0.336 e. The molecule has 0 saturated carbocycles. The van der Waals surface area contributed by atoms with Crippen LogP contribution < -0.4 is 0 Å². The van der Waals surface area contributed by atoms with Gasteiger partial charge in [0.2, 0.25) is 0 Å². The minimum atomic E-state index is -0.711. The van der Waals surface area contributed by atoms with Gasteiger partial charge in [0.05, 0.1) is 0 Å². The van der Waals surface area contributed by atoms with Gasteiger partial charge in [0, 0.05) is 50.4 Å². The van der Waals surface area contributed by atoms with E-state index in [1.54, 1.807) is 4.90 Å². The molecule has 2 heterocycles. The molecule has 0 unspecified atom stereocenters. The zero-order chi connectivity index (χ0) is 17.1. The molecule has 3 rings (SSSR count). The second kappa shape index (κ2) is 7.57. The lowest BCUT2D eigenvalue weighted by atomic mass is 10.0. The van der Waals surface area contributed by atoms with Gasteiger partial charge in [0.25, 0.3) is 5.91 Å². The smallest absolute Gasteiger partial charge is 0.254 e. The summed E-state index contributed by atoms with van der Waals surface area (Å²) in [4.78, 5) is 18.9. The molecule has 0 aliphatic carbocycles. The van der Waals surface area contributed by atoms with E-state index in [-0.39, 0.29) is 11.5 Å². The highest BCUT2D eigenvalue weighted by atomic mass is 19.1. The predicted molar refractivity (Wildman–Crippen MR) is 89.0 cm³/mol. The number of halogens is 2. The Labute approximate surface area is 142 Å². The first-order chi connectivity index (χ1) is 11.5. The predicted octanol–water partition coefficient (Wildman–Crippen LogP) is 2.21. The molecule has 0 radical (unpaired) electrons. The number of amides is 1. The van der Waals surface area contributed by atoms with Gasteiger partial charge in [0.1, 0.15) is 11.6 Å². The standard InChI is InChI=1S/C18H25F2N3O/c1-21-5-3-2-4-17(21)13-22-6-8-23(9-7-22)18(24)14-10-15(19)12-16(20)11-14/h10-12,17H,2-9,13H2,1H3/t17-/m0/s1. The van der Waals surface area contributed by atoms with Crippen LogP contribution in [0.15, 0.2) is 18.2 Å². The number of carbonyl (C=O) groups excluding carboxylic acids is 1.